The first kappa shape index (κ1) is 19.2. The zero-order valence-corrected chi connectivity index (χ0v) is 14.3. The van der Waals surface area contributed by atoms with Crippen molar-refractivity contribution in [1.82, 2.24) is 9.97 Å². The number of primary amides is 1. The molecule has 6 nitrogen and oxygen atoms in total. The SMILES string of the molecule is NC(=O)c1cnc(-c2cccc(-c3ccccc3OCC(F)(F)F)c2)c(=O)[nH]1. The summed E-state index contributed by atoms with van der Waals surface area (Å²) >= 11 is 0. The maximum Gasteiger partial charge on any atom is 0.422 e. The summed E-state index contributed by atoms with van der Waals surface area (Å²) in [5.74, 6) is -0.761. The molecule has 1 amide bonds. The number of carbonyl (C=O) groups excluding carboxylic acids is 1. The summed E-state index contributed by atoms with van der Waals surface area (Å²) in [6, 6.07) is 12.8. The third kappa shape index (κ3) is 4.37. The first-order chi connectivity index (χ1) is 13.2. The molecule has 9 heteroatoms. The van der Waals surface area contributed by atoms with Crippen molar-refractivity contribution < 1.29 is 22.7 Å². The van der Waals surface area contributed by atoms with Gasteiger partial charge in [-0.05, 0) is 17.7 Å². The van der Waals surface area contributed by atoms with Gasteiger partial charge >= 0.3 is 6.18 Å². The zero-order chi connectivity index (χ0) is 20.3. The van der Waals surface area contributed by atoms with Gasteiger partial charge in [-0.1, -0.05) is 36.4 Å². The molecule has 0 saturated heterocycles. The lowest BCUT2D eigenvalue weighted by atomic mass is 10.0. The van der Waals surface area contributed by atoms with Gasteiger partial charge in [0.25, 0.3) is 11.5 Å². The van der Waals surface area contributed by atoms with Gasteiger partial charge in [-0.15, -0.1) is 0 Å². The highest BCUT2D eigenvalue weighted by Crippen LogP contribution is 2.32. The first-order valence-corrected chi connectivity index (χ1v) is 8.03. The van der Waals surface area contributed by atoms with E-state index in [1.54, 1.807) is 42.5 Å². The molecule has 0 fully saturated rings. The highest BCUT2D eigenvalue weighted by atomic mass is 19.4. The molecule has 144 valence electrons. The quantitative estimate of drug-likeness (QED) is 0.700. The Hall–Kier alpha value is -3.62. The van der Waals surface area contributed by atoms with Crippen LogP contribution in [0.5, 0.6) is 5.75 Å². The average molecular weight is 389 g/mol. The molecule has 3 aromatic rings. The van der Waals surface area contributed by atoms with Crippen LogP contribution < -0.4 is 16.0 Å². The van der Waals surface area contributed by atoms with Crippen molar-refractivity contribution in [2.24, 2.45) is 5.73 Å². The number of rotatable bonds is 5. The van der Waals surface area contributed by atoms with Gasteiger partial charge in [-0.3, -0.25) is 9.59 Å². The number of H-pyrrole nitrogens is 1. The van der Waals surface area contributed by atoms with Crippen LogP contribution >= 0.6 is 0 Å². The van der Waals surface area contributed by atoms with E-state index in [4.69, 9.17) is 10.5 Å². The number of benzene rings is 2. The van der Waals surface area contributed by atoms with Gasteiger partial charge in [-0.2, -0.15) is 13.2 Å². The van der Waals surface area contributed by atoms with Crippen molar-refractivity contribution in [3.05, 3.63) is 70.8 Å². The molecule has 0 aliphatic heterocycles. The molecule has 0 saturated carbocycles. The molecule has 0 radical (unpaired) electrons. The molecule has 0 bridgehead atoms. The first-order valence-electron chi connectivity index (χ1n) is 8.03. The number of carbonyl (C=O) groups is 1. The number of amides is 1. The molecular weight excluding hydrogens is 375 g/mol. The van der Waals surface area contributed by atoms with E-state index in [0.29, 0.717) is 16.7 Å². The van der Waals surface area contributed by atoms with Gasteiger partial charge in [0.15, 0.2) is 6.61 Å². The Balaban J connectivity index is 1.99. The third-order valence-corrected chi connectivity index (χ3v) is 3.78. The number of aromatic amines is 1. The van der Waals surface area contributed by atoms with E-state index >= 15 is 0 Å². The summed E-state index contributed by atoms with van der Waals surface area (Å²) in [7, 11) is 0. The van der Waals surface area contributed by atoms with Crippen molar-refractivity contribution in [2.75, 3.05) is 6.61 Å². The average Bonchev–Trinajstić information content (AvgIpc) is 2.66. The number of hydrogen-bond donors (Lipinski definition) is 2. The van der Waals surface area contributed by atoms with Gasteiger partial charge < -0.3 is 15.5 Å². The Bertz CT molecular complexity index is 1080. The molecule has 3 rings (SSSR count). The molecule has 1 heterocycles. The summed E-state index contributed by atoms with van der Waals surface area (Å²) in [4.78, 5) is 29.6. The second kappa shape index (κ2) is 7.55. The van der Waals surface area contributed by atoms with Crippen LogP contribution in [0, 0.1) is 0 Å². The minimum absolute atomic E-state index is 0.0422. The van der Waals surface area contributed by atoms with Gasteiger partial charge in [0.1, 0.15) is 17.1 Å². The lowest BCUT2D eigenvalue weighted by molar-refractivity contribution is -0.153. The molecule has 28 heavy (non-hydrogen) atoms. The minimum atomic E-state index is -4.46. The summed E-state index contributed by atoms with van der Waals surface area (Å²) in [5.41, 5.74) is 5.79. The van der Waals surface area contributed by atoms with Gasteiger partial charge in [0.05, 0.1) is 6.20 Å². The van der Waals surface area contributed by atoms with E-state index in [-0.39, 0.29) is 17.1 Å². The Morgan fingerprint density at radius 1 is 1.11 bits per heavy atom. The standard InChI is InChI=1S/C19H14F3N3O3/c20-19(21,22)10-28-15-7-2-1-6-13(15)11-4-3-5-12(8-11)16-18(27)25-14(9-24-16)17(23)26/h1-9H,10H2,(H2,23,26)(H,25,27). The van der Waals surface area contributed by atoms with Crippen LogP contribution in [-0.2, 0) is 0 Å². The predicted octanol–water partition coefficient (Wildman–Crippen LogP) is 3.14. The fraction of sp³-hybridized carbons (Fsp3) is 0.105. The lowest BCUT2D eigenvalue weighted by Crippen LogP contribution is -2.21. The molecule has 3 N–H and O–H groups in total. The van der Waals surface area contributed by atoms with Gasteiger partial charge in [0.2, 0.25) is 0 Å². The summed E-state index contributed by atoms with van der Waals surface area (Å²) in [6.07, 6.45) is -3.32. The monoisotopic (exact) mass is 389 g/mol. The Morgan fingerprint density at radius 2 is 1.82 bits per heavy atom. The van der Waals surface area contributed by atoms with E-state index in [1.807, 2.05) is 0 Å². The number of halogens is 3. The van der Waals surface area contributed by atoms with E-state index in [9.17, 15) is 22.8 Å². The second-order valence-corrected chi connectivity index (χ2v) is 5.82. The highest BCUT2D eigenvalue weighted by Gasteiger charge is 2.28. The van der Waals surface area contributed by atoms with Crippen molar-refractivity contribution in [3.63, 3.8) is 0 Å². The summed E-state index contributed by atoms with van der Waals surface area (Å²) < 4.78 is 42.4. The predicted molar refractivity (Wildman–Crippen MR) is 95.8 cm³/mol. The molecule has 1 aromatic heterocycles. The number of alkyl halides is 3. The Labute approximate surface area is 156 Å². The molecule has 0 atom stereocenters. The largest absolute Gasteiger partial charge is 0.483 e. The van der Waals surface area contributed by atoms with Crippen LogP contribution in [-0.4, -0.2) is 28.7 Å². The molecule has 0 spiro atoms. The van der Waals surface area contributed by atoms with Crippen LogP contribution in [0.4, 0.5) is 13.2 Å². The number of nitrogens with zero attached hydrogens (tertiary/aromatic N) is 1. The number of nitrogens with two attached hydrogens (primary N) is 1. The zero-order valence-electron chi connectivity index (χ0n) is 14.3. The molecule has 2 aromatic carbocycles. The number of aromatic nitrogens is 2. The van der Waals surface area contributed by atoms with Crippen molar-refractivity contribution >= 4 is 5.91 Å². The van der Waals surface area contributed by atoms with Crippen LogP contribution in [0.3, 0.4) is 0 Å². The van der Waals surface area contributed by atoms with Gasteiger partial charge in [-0.25, -0.2) is 4.98 Å². The molecule has 0 aliphatic rings. The molecule has 0 unspecified atom stereocenters. The van der Waals surface area contributed by atoms with Crippen LogP contribution in [0.25, 0.3) is 22.4 Å². The fourth-order valence-corrected chi connectivity index (χ4v) is 2.56. The van der Waals surface area contributed by atoms with Crippen molar-refractivity contribution in [3.8, 4) is 28.1 Å². The van der Waals surface area contributed by atoms with Crippen LogP contribution in [0.1, 0.15) is 10.5 Å². The van der Waals surface area contributed by atoms with Crippen LogP contribution in [0.2, 0.25) is 0 Å². The summed E-state index contributed by atoms with van der Waals surface area (Å²) in [6.45, 7) is -1.42. The number of ether oxygens (including phenoxy) is 1. The van der Waals surface area contributed by atoms with Crippen molar-refractivity contribution in [1.29, 1.82) is 0 Å². The van der Waals surface area contributed by atoms with E-state index in [2.05, 4.69) is 9.97 Å². The van der Waals surface area contributed by atoms with Crippen molar-refractivity contribution in [2.45, 2.75) is 6.18 Å². The second-order valence-electron chi connectivity index (χ2n) is 5.82. The van der Waals surface area contributed by atoms with E-state index in [1.165, 1.54) is 6.07 Å². The topological polar surface area (TPSA) is 98.1 Å². The van der Waals surface area contributed by atoms with E-state index in [0.717, 1.165) is 6.20 Å². The van der Waals surface area contributed by atoms with Gasteiger partial charge in [0, 0.05) is 11.1 Å². The van der Waals surface area contributed by atoms with Crippen LogP contribution in [0.15, 0.2) is 59.5 Å². The fourth-order valence-electron chi connectivity index (χ4n) is 2.56. The van der Waals surface area contributed by atoms with E-state index < -0.39 is 24.2 Å². The molecular formula is C19H14F3N3O3. The maximum atomic E-state index is 12.5. The third-order valence-electron chi connectivity index (χ3n) is 3.78. The smallest absolute Gasteiger partial charge is 0.422 e. The maximum absolute atomic E-state index is 12.5. The number of hydrogen-bond acceptors (Lipinski definition) is 4. The number of nitrogens with one attached hydrogen (secondary N) is 1. The Kier molecular flexibility index (Phi) is 5.16. The molecule has 0 aliphatic carbocycles. The Morgan fingerprint density at radius 3 is 2.50 bits per heavy atom. The minimum Gasteiger partial charge on any atom is -0.483 e. The summed E-state index contributed by atoms with van der Waals surface area (Å²) in [5, 5.41) is 0. The normalized spacial score (nSPS) is 11.2. The highest BCUT2D eigenvalue weighted by molar-refractivity contribution is 5.90. The lowest BCUT2D eigenvalue weighted by Gasteiger charge is -2.13. The number of para-hydroxylation sites is 1.